The molecule has 0 heterocycles. The van der Waals surface area contributed by atoms with E-state index >= 15 is 0 Å². The fraction of sp³-hybridized carbons (Fsp3) is 0.200. The third-order valence-electron chi connectivity index (χ3n) is 2.17. The number of carboxylic acids is 2. The Balaban J connectivity index is 3.49. The van der Waals surface area contributed by atoms with Crippen LogP contribution in [0, 0.1) is 6.92 Å². The minimum Gasteiger partial charge on any atom is -0.478 e. The van der Waals surface area contributed by atoms with E-state index in [1.54, 1.807) is 0 Å². The minimum atomic E-state index is -1.13. The molecule has 15 heavy (non-hydrogen) atoms. The summed E-state index contributed by atoms with van der Waals surface area (Å²) in [7, 11) is 0. The van der Waals surface area contributed by atoms with Crippen LogP contribution in [-0.4, -0.2) is 22.2 Å². The molecule has 0 aliphatic heterocycles. The van der Waals surface area contributed by atoms with Gasteiger partial charge in [0.1, 0.15) is 0 Å². The lowest BCUT2D eigenvalue weighted by Gasteiger charge is -2.09. The number of hydrogen-bond acceptors (Lipinski definition) is 3. The second kappa shape index (κ2) is 4.35. The van der Waals surface area contributed by atoms with E-state index < -0.39 is 11.9 Å². The van der Waals surface area contributed by atoms with Crippen molar-refractivity contribution in [3.8, 4) is 0 Å². The maximum atomic E-state index is 10.9. The van der Waals surface area contributed by atoms with Crippen molar-refractivity contribution in [1.82, 2.24) is 0 Å². The van der Waals surface area contributed by atoms with Crippen LogP contribution in [0.1, 0.15) is 31.8 Å². The van der Waals surface area contributed by atoms with Gasteiger partial charge in [-0.15, -0.1) is 0 Å². The van der Waals surface area contributed by atoms with Crippen molar-refractivity contribution in [2.75, 3.05) is 0 Å². The predicted molar refractivity (Wildman–Crippen MR) is 57.8 cm³/mol. The Labute approximate surface area is 92.0 Å². The van der Waals surface area contributed by atoms with Gasteiger partial charge in [0.25, 0.3) is 0 Å². The molecule has 0 radical (unpaired) electrons. The second-order valence-corrected chi connectivity index (χ2v) is 3.36. The number of thiol groups is 1. The van der Waals surface area contributed by atoms with Crippen molar-refractivity contribution in [2.45, 2.75) is 12.7 Å². The van der Waals surface area contributed by atoms with Gasteiger partial charge in [0.05, 0.1) is 11.1 Å². The SMILES string of the molecule is Cc1c(C(=O)O)ccc(CS)c1C(=O)O. The van der Waals surface area contributed by atoms with E-state index in [-0.39, 0.29) is 22.4 Å². The summed E-state index contributed by atoms with van der Waals surface area (Å²) < 4.78 is 0. The van der Waals surface area contributed by atoms with Gasteiger partial charge >= 0.3 is 11.9 Å². The van der Waals surface area contributed by atoms with Gasteiger partial charge in [-0.25, -0.2) is 9.59 Å². The highest BCUT2D eigenvalue weighted by Gasteiger charge is 2.18. The highest BCUT2D eigenvalue weighted by atomic mass is 32.1. The van der Waals surface area contributed by atoms with E-state index in [4.69, 9.17) is 10.2 Å². The van der Waals surface area contributed by atoms with Crippen LogP contribution in [0.15, 0.2) is 12.1 Å². The van der Waals surface area contributed by atoms with Crippen molar-refractivity contribution >= 4 is 24.6 Å². The molecule has 2 N–H and O–H groups in total. The van der Waals surface area contributed by atoms with Crippen molar-refractivity contribution in [1.29, 1.82) is 0 Å². The van der Waals surface area contributed by atoms with Crippen LogP contribution in [0.5, 0.6) is 0 Å². The fourth-order valence-corrected chi connectivity index (χ4v) is 1.69. The summed E-state index contributed by atoms with van der Waals surface area (Å²) in [4.78, 5) is 21.7. The minimum absolute atomic E-state index is 0.0120. The zero-order valence-electron chi connectivity index (χ0n) is 8.02. The van der Waals surface area contributed by atoms with Gasteiger partial charge in [0.15, 0.2) is 0 Å². The van der Waals surface area contributed by atoms with Gasteiger partial charge in [-0.2, -0.15) is 12.6 Å². The van der Waals surface area contributed by atoms with E-state index in [1.165, 1.54) is 19.1 Å². The zero-order valence-corrected chi connectivity index (χ0v) is 8.91. The molecule has 0 saturated carbocycles. The van der Waals surface area contributed by atoms with Crippen molar-refractivity contribution in [2.24, 2.45) is 0 Å². The lowest BCUT2D eigenvalue weighted by Crippen LogP contribution is -2.10. The lowest BCUT2D eigenvalue weighted by molar-refractivity contribution is 0.0695. The second-order valence-electron chi connectivity index (χ2n) is 3.04. The average Bonchev–Trinajstić information content (AvgIpc) is 2.15. The molecular weight excluding hydrogens is 216 g/mol. The molecular formula is C10H10O4S. The summed E-state index contributed by atoms with van der Waals surface area (Å²) in [6, 6.07) is 2.88. The highest BCUT2D eigenvalue weighted by molar-refractivity contribution is 7.79. The molecule has 4 nitrogen and oxygen atoms in total. The molecule has 0 bridgehead atoms. The molecule has 0 amide bonds. The molecule has 0 aliphatic rings. The van der Waals surface area contributed by atoms with E-state index in [2.05, 4.69) is 12.6 Å². The van der Waals surface area contributed by atoms with Crippen LogP contribution in [0.3, 0.4) is 0 Å². The standard InChI is InChI=1S/C10H10O4S/c1-5-7(9(11)12)3-2-6(4-15)8(5)10(13)14/h2-3,15H,4H2,1H3,(H,11,12)(H,13,14). The van der Waals surface area contributed by atoms with Gasteiger partial charge in [0, 0.05) is 5.75 Å². The molecule has 0 atom stereocenters. The number of rotatable bonds is 3. The Morgan fingerprint density at radius 1 is 1.27 bits per heavy atom. The summed E-state index contributed by atoms with van der Waals surface area (Å²) in [5.74, 6) is -1.98. The third-order valence-corrected chi connectivity index (χ3v) is 2.51. The molecule has 80 valence electrons. The van der Waals surface area contributed by atoms with E-state index in [0.29, 0.717) is 5.56 Å². The summed E-state index contributed by atoms with van der Waals surface area (Å²) in [5.41, 5.74) is 0.831. The highest BCUT2D eigenvalue weighted by Crippen LogP contribution is 2.20. The molecule has 1 aromatic rings. The monoisotopic (exact) mass is 226 g/mol. The largest absolute Gasteiger partial charge is 0.478 e. The van der Waals surface area contributed by atoms with Crippen LogP contribution >= 0.6 is 12.6 Å². The van der Waals surface area contributed by atoms with Gasteiger partial charge in [-0.3, -0.25) is 0 Å². The first-order valence-corrected chi connectivity index (χ1v) is 4.82. The number of benzene rings is 1. The van der Waals surface area contributed by atoms with Gasteiger partial charge in [0.2, 0.25) is 0 Å². The first-order valence-electron chi connectivity index (χ1n) is 4.19. The normalized spacial score (nSPS) is 10.0. The molecule has 0 aliphatic carbocycles. The van der Waals surface area contributed by atoms with Gasteiger partial charge in [-0.05, 0) is 24.1 Å². The number of carbonyl (C=O) groups is 2. The zero-order chi connectivity index (χ0) is 11.6. The molecule has 0 saturated heterocycles. The quantitative estimate of drug-likeness (QED) is 0.687. The first-order chi connectivity index (χ1) is 6.99. The molecule has 1 aromatic carbocycles. The summed E-state index contributed by atoms with van der Waals surface area (Å²) in [6.45, 7) is 1.49. The Bertz CT molecular complexity index is 426. The maximum absolute atomic E-state index is 10.9. The van der Waals surface area contributed by atoms with Gasteiger partial charge in [-0.1, -0.05) is 6.07 Å². The van der Waals surface area contributed by atoms with Crippen LogP contribution in [0.25, 0.3) is 0 Å². The topological polar surface area (TPSA) is 74.6 Å². The summed E-state index contributed by atoms with van der Waals surface area (Å²) >= 11 is 4.00. The Kier molecular flexibility index (Phi) is 3.36. The molecule has 1 rings (SSSR count). The smallest absolute Gasteiger partial charge is 0.336 e. The first kappa shape index (κ1) is 11.6. The number of carboxylic acid groups (broad SMARTS) is 2. The maximum Gasteiger partial charge on any atom is 0.336 e. The molecule has 0 unspecified atom stereocenters. The van der Waals surface area contributed by atoms with Crippen molar-refractivity contribution < 1.29 is 19.8 Å². The Hall–Kier alpha value is -1.49. The molecule has 5 heteroatoms. The molecule has 0 spiro atoms. The molecule has 0 fully saturated rings. The fourth-order valence-electron chi connectivity index (χ4n) is 1.43. The van der Waals surface area contributed by atoms with E-state index in [0.717, 1.165) is 0 Å². The average molecular weight is 226 g/mol. The van der Waals surface area contributed by atoms with Crippen LogP contribution < -0.4 is 0 Å². The summed E-state index contributed by atoms with van der Waals surface area (Å²) in [6.07, 6.45) is 0. The lowest BCUT2D eigenvalue weighted by atomic mass is 9.98. The number of hydrogen-bond donors (Lipinski definition) is 3. The predicted octanol–water partition coefficient (Wildman–Crippen LogP) is 1.82. The number of aromatic carboxylic acids is 2. The molecule has 0 aromatic heterocycles. The Morgan fingerprint density at radius 3 is 2.27 bits per heavy atom. The van der Waals surface area contributed by atoms with Crippen molar-refractivity contribution in [3.63, 3.8) is 0 Å². The van der Waals surface area contributed by atoms with Crippen LogP contribution in [0.4, 0.5) is 0 Å². The van der Waals surface area contributed by atoms with Crippen LogP contribution in [0.2, 0.25) is 0 Å². The van der Waals surface area contributed by atoms with Crippen LogP contribution in [-0.2, 0) is 5.75 Å². The van der Waals surface area contributed by atoms with Crippen molar-refractivity contribution in [3.05, 3.63) is 34.4 Å². The van der Waals surface area contributed by atoms with E-state index in [1.807, 2.05) is 0 Å². The summed E-state index contributed by atoms with van der Waals surface area (Å²) in [5, 5.41) is 17.8. The third kappa shape index (κ3) is 2.12. The Morgan fingerprint density at radius 2 is 1.87 bits per heavy atom. The van der Waals surface area contributed by atoms with Gasteiger partial charge < -0.3 is 10.2 Å². The van der Waals surface area contributed by atoms with E-state index in [9.17, 15) is 9.59 Å².